The number of nitrogens with one attached hydrogen (secondary N) is 1. The molecule has 2 atom stereocenters. The predicted molar refractivity (Wildman–Crippen MR) is 215 cm³/mol. The highest BCUT2D eigenvalue weighted by Gasteiger charge is 2.30. The number of thiophene rings is 2. The van der Waals surface area contributed by atoms with Crippen LogP contribution in [0.2, 0.25) is 0 Å². The highest BCUT2D eigenvalue weighted by Crippen LogP contribution is 2.42. The van der Waals surface area contributed by atoms with Gasteiger partial charge in [0, 0.05) is 67.8 Å². The van der Waals surface area contributed by atoms with Crippen LogP contribution in [0.25, 0.3) is 73.4 Å². The molecular weight excluding hydrogens is 663 g/mol. The second kappa shape index (κ2) is 11.4. The zero-order valence-corrected chi connectivity index (χ0v) is 29.0. The van der Waals surface area contributed by atoms with E-state index in [4.69, 9.17) is 9.41 Å². The summed E-state index contributed by atoms with van der Waals surface area (Å²) in [5.74, 6) is 0.884. The van der Waals surface area contributed by atoms with Gasteiger partial charge in [0.05, 0.1) is 0 Å². The monoisotopic (exact) mass is 692 g/mol. The van der Waals surface area contributed by atoms with Crippen LogP contribution in [-0.2, 0) is 0 Å². The van der Waals surface area contributed by atoms with Crippen LogP contribution in [0.5, 0.6) is 0 Å². The molecule has 0 amide bonds. The number of benzene rings is 7. The quantitative estimate of drug-likeness (QED) is 0.193. The van der Waals surface area contributed by atoms with Crippen molar-refractivity contribution >= 4 is 90.8 Å². The minimum Gasteiger partial charge on any atom is -0.456 e. The van der Waals surface area contributed by atoms with E-state index in [1.54, 1.807) is 0 Å². The van der Waals surface area contributed by atoms with E-state index >= 15 is 0 Å². The van der Waals surface area contributed by atoms with Crippen molar-refractivity contribution in [2.75, 3.05) is 0 Å². The average molecular weight is 693 g/mol. The van der Waals surface area contributed by atoms with Gasteiger partial charge in [0.15, 0.2) is 6.17 Å². The minimum atomic E-state index is -0.105. The van der Waals surface area contributed by atoms with Crippen molar-refractivity contribution in [2.24, 2.45) is 4.99 Å². The minimum absolute atomic E-state index is 0.00648. The lowest BCUT2D eigenvalue weighted by molar-refractivity contribution is -0.739. The molecule has 0 bridgehead atoms. The first-order valence-electron chi connectivity index (χ1n) is 17.3. The van der Waals surface area contributed by atoms with Crippen LogP contribution < -0.4 is 10.6 Å². The average Bonchev–Trinajstić information content (AvgIpc) is 3.88. The van der Waals surface area contributed by atoms with E-state index in [1.165, 1.54) is 62.6 Å². The third-order valence-electron chi connectivity index (χ3n) is 10.3. The van der Waals surface area contributed by atoms with Crippen LogP contribution in [0.4, 0.5) is 0 Å². The molecule has 242 valence electrons. The Bertz CT molecular complexity index is 3010. The van der Waals surface area contributed by atoms with E-state index in [2.05, 4.69) is 162 Å². The molecule has 1 aliphatic rings. The fraction of sp³-hybridized carbons (Fsp3) is 0.0444. The van der Waals surface area contributed by atoms with Gasteiger partial charge < -0.3 is 9.73 Å². The zero-order valence-electron chi connectivity index (χ0n) is 27.3. The first-order chi connectivity index (χ1) is 25.2. The van der Waals surface area contributed by atoms with E-state index in [-0.39, 0.29) is 12.3 Å². The first-order valence-corrected chi connectivity index (χ1v) is 18.9. The number of hydrogen-bond donors (Lipinski definition) is 2. The number of aliphatic imine (C=N–C) groups is 1. The van der Waals surface area contributed by atoms with Gasteiger partial charge in [-0.2, -0.15) is 0 Å². The number of fused-ring (bicyclic) bond motifs is 9. The second-order valence-corrected chi connectivity index (χ2v) is 15.4. The molecule has 51 heavy (non-hydrogen) atoms. The summed E-state index contributed by atoms with van der Waals surface area (Å²) >= 11 is 3.71. The fourth-order valence-corrected chi connectivity index (χ4v) is 10.2. The lowest BCUT2D eigenvalue weighted by Gasteiger charge is -2.29. The van der Waals surface area contributed by atoms with Gasteiger partial charge in [-0.05, 0) is 59.7 Å². The number of quaternary nitrogens is 1. The van der Waals surface area contributed by atoms with E-state index in [9.17, 15) is 0 Å². The van der Waals surface area contributed by atoms with Crippen molar-refractivity contribution < 1.29 is 9.73 Å². The zero-order chi connectivity index (χ0) is 33.5. The molecule has 11 rings (SSSR count). The number of hydrogen-bond acceptors (Lipinski definition) is 5. The molecule has 0 radical (unpaired) electrons. The summed E-state index contributed by atoms with van der Waals surface area (Å²) < 4.78 is 11.6. The molecule has 10 aromatic rings. The van der Waals surface area contributed by atoms with Gasteiger partial charge in [-0.15, -0.1) is 22.7 Å². The molecule has 0 saturated carbocycles. The molecule has 6 heteroatoms. The molecule has 2 unspecified atom stereocenters. The maximum absolute atomic E-state index is 6.41. The van der Waals surface area contributed by atoms with Gasteiger partial charge in [0.1, 0.15) is 17.0 Å². The Hall–Kier alpha value is -5.79. The summed E-state index contributed by atoms with van der Waals surface area (Å²) in [5.41, 5.74) is 7.66. The standard InChI is InChI=1S/C45H29N3OS2/c1-2-9-26(10-3-1)43-46-44(48-45(47-43)29-17-20-33-31-11-4-6-15-39(31)50-41(33)25-29)28-19-22-38-36(24-28)35-23-27(18-21-37(35)49-38)30-13-8-14-34-32-12-5-7-16-40(32)51-42(30)34/h1-25,43,45,47H,(H,46,48)/p+1. The van der Waals surface area contributed by atoms with Crippen molar-refractivity contribution in [3.05, 3.63) is 168 Å². The Balaban J connectivity index is 1.03. The summed E-state index contributed by atoms with van der Waals surface area (Å²) in [5, 5.41) is 13.6. The lowest BCUT2D eigenvalue weighted by Crippen LogP contribution is -2.90. The number of furan rings is 1. The van der Waals surface area contributed by atoms with Gasteiger partial charge in [0.2, 0.25) is 6.17 Å². The summed E-state index contributed by atoms with van der Waals surface area (Å²) in [6.07, 6.45) is -0.0988. The number of nitrogens with zero attached hydrogens (tertiary/aromatic N) is 1. The van der Waals surface area contributed by atoms with Crippen molar-refractivity contribution in [1.82, 2.24) is 5.32 Å². The maximum Gasteiger partial charge on any atom is 0.209 e. The third kappa shape index (κ3) is 4.72. The number of rotatable bonds is 4. The number of nitrogens with two attached hydrogens (primary N) is 1. The summed E-state index contributed by atoms with van der Waals surface area (Å²) in [6, 6.07) is 54.6. The number of amidine groups is 1. The molecular formula is C45H30N3OS2+. The van der Waals surface area contributed by atoms with Gasteiger partial charge in [-0.3, -0.25) is 5.32 Å². The fourth-order valence-electron chi connectivity index (χ4n) is 7.79. The molecule has 4 heterocycles. The molecule has 0 spiro atoms. The van der Waals surface area contributed by atoms with E-state index in [1.807, 2.05) is 22.7 Å². The van der Waals surface area contributed by atoms with Gasteiger partial charge in [-0.25, -0.2) is 4.99 Å². The van der Waals surface area contributed by atoms with Gasteiger partial charge in [0.25, 0.3) is 0 Å². The summed E-state index contributed by atoms with van der Waals surface area (Å²) in [7, 11) is 0. The molecule has 0 fully saturated rings. The van der Waals surface area contributed by atoms with Crippen LogP contribution in [0, 0.1) is 0 Å². The van der Waals surface area contributed by atoms with Crippen LogP contribution in [-0.4, -0.2) is 5.84 Å². The lowest BCUT2D eigenvalue weighted by atomic mass is 10.00. The molecule has 4 nitrogen and oxygen atoms in total. The molecule has 0 aliphatic carbocycles. The van der Waals surface area contributed by atoms with Crippen molar-refractivity contribution in [3.8, 4) is 11.1 Å². The largest absolute Gasteiger partial charge is 0.456 e. The highest BCUT2D eigenvalue weighted by molar-refractivity contribution is 7.26. The predicted octanol–water partition coefficient (Wildman–Crippen LogP) is 11.3. The Kier molecular flexibility index (Phi) is 6.46. The van der Waals surface area contributed by atoms with E-state index in [0.717, 1.165) is 33.3 Å². The topological polar surface area (TPSA) is 54.1 Å². The third-order valence-corrected chi connectivity index (χ3v) is 12.6. The molecule has 1 aliphatic heterocycles. The SMILES string of the molecule is c1ccc(C2NC(c3ccc4oc5ccc(-c6cccc7c6sc6ccccc67)cc5c4c3)=NC(c3ccc4c(c3)sc3ccccc34)[NH2+]2)cc1. The van der Waals surface area contributed by atoms with Crippen molar-refractivity contribution in [3.63, 3.8) is 0 Å². The highest BCUT2D eigenvalue weighted by atomic mass is 32.1. The first kappa shape index (κ1) is 29.0. The Morgan fingerprint density at radius 1 is 0.510 bits per heavy atom. The van der Waals surface area contributed by atoms with E-state index in [0.29, 0.717) is 0 Å². The summed E-state index contributed by atoms with van der Waals surface area (Å²) in [4.78, 5) is 5.38. The smallest absolute Gasteiger partial charge is 0.209 e. The molecule has 0 saturated heterocycles. The molecule has 3 N–H and O–H groups in total. The Labute approximate surface area is 301 Å². The molecule has 3 aromatic heterocycles. The summed E-state index contributed by atoms with van der Waals surface area (Å²) in [6.45, 7) is 0. The van der Waals surface area contributed by atoms with Crippen LogP contribution in [0.1, 0.15) is 29.0 Å². The Morgan fingerprint density at radius 3 is 2.00 bits per heavy atom. The van der Waals surface area contributed by atoms with Crippen molar-refractivity contribution in [2.45, 2.75) is 12.3 Å². The van der Waals surface area contributed by atoms with Gasteiger partial charge >= 0.3 is 0 Å². The van der Waals surface area contributed by atoms with Gasteiger partial charge in [-0.1, -0.05) is 103 Å². The van der Waals surface area contributed by atoms with Crippen LogP contribution >= 0.6 is 22.7 Å². The molecule has 7 aromatic carbocycles. The Morgan fingerprint density at radius 2 is 1.18 bits per heavy atom. The van der Waals surface area contributed by atoms with Crippen molar-refractivity contribution in [1.29, 1.82) is 0 Å². The second-order valence-electron chi connectivity index (χ2n) is 13.3. The normalized spacial score (nSPS) is 16.4. The van der Waals surface area contributed by atoms with E-state index < -0.39 is 0 Å². The maximum atomic E-state index is 6.41. The van der Waals surface area contributed by atoms with Crippen LogP contribution in [0.3, 0.4) is 0 Å². The van der Waals surface area contributed by atoms with Crippen LogP contribution in [0.15, 0.2) is 161 Å².